The minimum atomic E-state index is -1.17. The van der Waals surface area contributed by atoms with Gasteiger partial charge in [-0.2, -0.15) is 4.98 Å². The number of nitrogens with two attached hydrogens (primary N) is 1. The normalized spacial score (nSPS) is 11.8. The highest BCUT2D eigenvalue weighted by molar-refractivity contribution is 5.86. The van der Waals surface area contributed by atoms with E-state index < -0.39 is 5.97 Å². The van der Waals surface area contributed by atoms with Gasteiger partial charge in [0.05, 0.1) is 5.69 Å². The Morgan fingerprint density at radius 2 is 2.15 bits per heavy atom. The van der Waals surface area contributed by atoms with E-state index in [1.165, 1.54) is 4.68 Å². The Bertz CT molecular complexity index is 624. The van der Waals surface area contributed by atoms with Crippen LogP contribution in [0.3, 0.4) is 0 Å². The first-order valence-corrected chi connectivity index (χ1v) is 6.01. The molecule has 9 nitrogen and oxygen atoms in total. The van der Waals surface area contributed by atoms with E-state index >= 15 is 0 Å². The average Bonchev–Trinajstić information content (AvgIpc) is 2.95. The summed E-state index contributed by atoms with van der Waals surface area (Å²) in [6.07, 6.45) is 0. The summed E-state index contributed by atoms with van der Waals surface area (Å²) in [5.41, 5.74) is 5.44. The second-order valence-corrected chi connectivity index (χ2v) is 5.32. The van der Waals surface area contributed by atoms with Crippen molar-refractivity contribution >= 4 is 5.97 Å². The zero-order valence-corrected chi connectivity index (χ0v) is 11.5. The maximum atomic E-state index is 11.0. The van der Waals surface area contributed by atoms with Crippen LogP contribution in [0.4, 0.5) is 0 Å². The second-order valence-electron chi connectivity index (χ2n) is 5.32. The van der Waals surface area contributed by atoms with Crippen LogP contribution in [0.15, 0.2) is 4.52 Å². The predicted molar refractivity (Wildman–Crippen MR) is 67.0 cm³/mol. The van der Waals surface area contributed by atoms with Crippen molar-refractivity contribution in [3.8, 4) is 0 Å². The van der Waals surface area contributed by atoms with Crippen molar-refractivity contribution in [3.63, 3.8) is 0 Å². The largest absolute Gasteiger partial charge is 0.476 e. The highest BCUT2D eigenvalue weighted by atomic mass is 16.5. The molecule has 0 spiro atoms. The molecule has 0 unspecified atom stereocenters. The lowest BCUT2D eigenvalue weighted by Crippen LogP contribution is -2.14. The van der Waals surface area contributed by atoms with Crippen molar-refractivity contribution in [2.24, 2.45) is 5.73 Å². The molecule has 2 aromatic rings. The number of carboxylic acids is 1. The van der Waals surface area contributed by atoms with Gasteiger partial charge in [-0.05, 0) is 0 Å². The molecule has 0 aliphatic carbocycles. The van der Waals surface area contributed by atoms with Crippen LogP contribution < -0.4 is 5.73 Å². The molecule has 108 valence electrons. The summed E-state index contributed by atoms with van der Waals surface area (Å²) in [5, 5.41) is 20.2. The van der Waals surface area contributed by atoms with Crippen LogP contribution in [0.25, 0.3) is 0 Å². The van der Waals surface area contributed by atoms with Crippen molar-refractivity contribution < 1.29 is 14.4 Å². The van der Waals surface area contributed by atoms with Crippen LogP contribution in [0, 0.1) is 0 Å². The Morgan fingerprint density at radius 3 is 2.65 bits per heavy atom. The number of carboxylic acid groups (broad SMARTS) is 1. The number of carbonyl (C=O) groups is 1. The minimum absolute atomic E-state index is 0.0125. The number of aromatic carboxylic acids is 1. The molecular weight excluding hydrogens is 264 g/mol. The summed E-state index contributed by atoms with van der Waals surface area (Å²) < 4.78 is 6.52. The monoisotopic (exact) mass is 280 g/mol. The van der Waals surface area contributed by atoms with Crippen molar-refractivity contribution in [2.45, 2.75) is 39.3 Å². The van der Waals surface area contributed by atoms with E-state index in [0.29, 0.717) is 17.4 Å². The zero-order chi connectivity index (χ0) is 14.9. The number of rotatable bonds is 4. The van der Waals surface area contributed by atoms with Crippen molar-refractivity contribution in [3.05, 3.63) is 23.1 Å². The fourth-order valence-corrected chi connectivity index (χ4v) is 1.58. The molecule has 0 aliphatic rings. The Hall–Kier alpha value is -2.29. The summed E-state index contributed by atoms with van der Waals surface area (Å²) >= 11 is 0. The SMILES string of the molecule is CC(C)(C)c1nc(Cn2nnc(C(=O)O)c2CN)no1. The lowest BCUT2D eigenvalue weighted by atomic mass is 9.97. The first-order chi connectivity index (χ1) is 9.32. The molecule has 0 saturated carbocycles. The predicted octanol–water partition coefficient (Wildman–Crippen LogP) is 0.164. The number of hydrogen-bond donors (Lipinski definition) is 2. The second kappa shape index (κ2) is 5.00. The molecule has 0 fully saturated rings. The van der Waals surface area contributed by atoms with Crippen LogP contribution in [-0.2, 0) is 18.5 Å². The van der Waals surface area contributed by atoms with Crippen molar-refractivity contribution in [2.75, 3.05) is 0 Å². The molecule has 0 atom stereocenters. The van der Waals surface area contributed by atoms with Crippen LogP contribution in [0.5, 0.6) is 0 Å². The molecule has 0 amide bonds. The fourth-order valence-electron chi connectivity index (χ4n) is 1.58. The molecular formula is C11H16N6O3. The van der Waals surface area contributed by atoms with Crippen LogP contribution in [0.2, 0.25) is 0 Å². The number of nitrogens with zero attached hydrogens (tertiary/aromatic N) is 5. The van der Waals surface area contributed by atoms with Gasteiger partial charge in [0.25, 0.3) is 0 Å². The van der Waals surface area contributed by atoms with Gasteiger partial charge in [-0.3, -0.25) is 0 Å². The molecule has 0 radical (unpaired) electrons. The molecule has 3 N–H and O–H groups in total. The molecule has 0 aliphatic heterocycles. The first kappa shape index (κ1) is 14.1. The van der Waals surface area contributed by atoms with Crippen LogP contribution >= 0.6 is 0 Å². The topological polar surface area (TPSA) is 133 Å². The molecule has 0 aromatic carbocycles. The van der Waals surface area contributed by atoms with E-state index in [1.54, 1.807) is 0 Å². The van der Waals surface area contributed by atoms with E-state index in [0.717, 1.165) is 0 Å². The van der Waals surface area contributed by atoms with Crippen molar-refractivity contribution in [1.82, 2.24) is 25.1 Å². The van der Waals surface area contributed by atoms with Gasteiger partial charge in [0.1, 0.15) is 6.54 Å². The molecule has 20 heavy (non-hydrogen) atoms. The van der Waals surface area contributed by atoms with Gasteiger partial charge in [-0.25, -0.2) is 9.48 Å². The van der Waals surface area contributed by atoms with Gasteiger partial charge >= 0.3 is 5.97 Å². The molecule has 9 heteroatoms. The Balaban J connectivity index is 2.26. The zero-order valence-electron chi connectivity index (χ0n) is 11.5. The molecule has 2 aromatic heterocycles. The molecule has 2 rings (SSSR count). The number of hydrogen-bond acceptors (Lipinski definition) is 7. The van der Waals surface area contributed by atoms with Gasteiger partial charge in [-0.1, -0.05) is 31.1 Å². The summed E-state index contributed by atoms with van der Waals surface area (Å²) in [7, 11) is 0. The van der Waals surface area contributed by atoms with Gasteiger partial charge < -0.3 is 15.4 Å². The molecule has 0 saturated heterocycles. The van der Waals surface area contributed by atoms with E-state index in [-0.39, 0.29) is 24.2 Å². The van der Waals surface area contributed by atoms with Gasteiger partial charge in [0, 0.05) is 12.0 Å². The van der Waals surface area contributed by atoms with Gasteiger partial charge in [0.2, 0.25) is 5.89 Å². The van der Waals surface area contributed by atoms with Crippen LogP contribution in [0.1, 0.15) is 48.7 Å². The maximum absolute atomic E-state index is 11.0. The summed E-state index contributed by atoms with van der Waals surface area (Å²) in [6, 6.07) is 0. The standard InChI is InChI=1S/C11H16N6O3/c1-11(2,3)10-13-7(15-20-10)5-17-6(4-12)8(9(18)19)14-16-17/h4-5,12H2,1-3H3,(H,18,19). The van der Waals surface area contributed by atoms with Gasteiger partial charge in [0.15, 0.2) is 11.5 Å². The summed E-state index contributed by atoms with van der Waals surface area (Å²) in [6.45, 7) is 6.03. The van der Waals surface area contributed by atoms with Gasteiger partial charge in [-0.15, -0.1) is 5.10 Å². The highest BCUT2D eigenvalue weighted by Gasteiger charge is 2.23. The third-order valence-electron chi connectivity index (χ3n) is 2.63. The third-order valence-corrected chi connectivity index (χ3v) is 2.63. The molecule has 2 heterocycles. The minimum Gasteiger partial charge on any atom is -0.476 e. The van der Waals surface area contributed by atoms with E-state index in [1.807, 2.05) is 20.8 Å². The Kier molecular flexibility index (Phi) is 3.53. The molecule has 0 bridgehead atoms. The van der Waals surface area contributed by atoms with E-state index in [2.05, 4.69) is 20.5 Å². The smallest absolute Gasteiger partial charge is 0.358 e. The Morgan fingerprint density at radius 1 is 1.45 bits per heavy atom. The number of aromatic nitrogens is 5. The highest BCUT2D eigenvalue weighted by Crippen LogP contribution is 2.20. The average molecular weight is 280 g/mol. The van der Waals surface area contributed by atoms with Crippen molar-refractivity contribution in [1.29, 1.82) is 0 Å². The summed E-state index contributed by atoms with van der Waals surface area (Å²) in [5.74, 6) is -0.271. The third kappa shape index (κ3) is 2.67. The maximum Gasteiger partial charge on any atom is 0.358 e. The summed E-state index contributed by atoms with van der Waals surface area (Å²) in [4.78, 5) is 15.2. The van der Waals surface area contributed by atoms with Crippen LogP contribution in [-0.4, -0.2) is 36.2 Å². The lowest BCUT2D eigenvalue weighted by Gasteiger charge is -2.10. The van der Waals surface area contributed by atoms with E-state index in [9.17, 15) is 4.79 Å². The lowest BCUT2D eigenvalue weighted by molar-refractivity contribution is 0.0689. The fraction of sp³-hybridized carbons (Fsp3) is 0.545. The first-order valence-electron chi connectivity index (χ1n) is 6.01. The van der Waals surface area contributed by atoms with E-state index in [4.69, 9.17) is 15.4 Å². The Labute approximate surface area is 114 Å². The quantitative estimate of drug-likeness (QED) is 0.809.